The molecule has 1 aromatic heterocycles. The van der Waals surface area contributed by atoms with Crippen LogP contribution in [0.3, 0.4) is 0 Å². The van der Waals surface area contributed by atoms with Gasteiger partial charge in [-0.1, -0.05) is 65.7 Å². The zero-order valence-electron chi connectivity index (χ0n) is 20.0. The Morgan fingerprint density at radius 3 is 2.52 bits per heavy atom. The number of hydrogen-bond donors (Lipinski definition) is 0. The largest absolute Gasteiger partial charge is 0.274 e. The number of nitrogens with zero attached hydrogens (tertiary/aromatic N) is 1. The minimum absolute atomic E-state index is 0.166. The Labute approximate surface area is 190 Å². The summed E-state index contributed by atoms with van der Waals surface area (Å²) in [5, 5.41) is -0.381. The molecule has 2 bridgehead atoms. The van der Waals surface area contributed by atoms with E-state index in [9.17, 15) is 4.57 Å². The van der Waals surface area contributed by atoms with Crippen LogP contribution in [-0.4, -0.2) is 4.98 Å². The van der Waals surface area contributed by atoms with E-state index in [0.29, 0.717) is 5.41 Å². The van der Waals surface area contributed by atoms with Crippen molar-refractivity contribution < 1.29 is 4.57 Å². The highest BCUT2D eigenvalue weighted by Gasteiger charge is 2.52. The number of rotatable bonds is 8. The quantitative estimate of drug-likeness (QED) is 0.389. The minimum Gasteiger partial charge on any atom is -0.274 e. The lowest BCUT2D eigenvalue weighted by Gasteiger charge is -2.57. The van der Waals surface area contributed by atoms with Gasteiger partial charge in [-0.25, -0.2) is 0 Å². The third-order valence-electron chi connectivity index (χ3n) is 8.85. The van der Waals surface area contributed by atoms with Gasteiger partial charge < -0.3 is 0 Å². The van der Waals surface area contributed by atoms with E-state index in [0.717, 1.165) is 30.1 Å². The van der Waals surface area contributed by atoms with Gasteiger partial charge in [-0.3, -0.25) is 9.55 Å². The molecule has 0 N–H and O–H groups in total. The Hall–Kier alpha value is -1.53. The van der Waals surface area contributed by atoms with E-state index in [1.807, 2.05) is 6.07 Å². The van der Waals surface area contributed by atoms with E-state index in [4.69, 9.17) is 4.98 Å². The molecule has 0 aliphatic heterocycles. The van der Waals surface area contributed by atoms with Gasteiger partial charge in [-0.15, -0.1) is 0 Å². The zero-order chi connectivity index (χ0) is 22.3. The van der Waals surface area contributed by atoms with Crippen LogP contribution >= 0.6 is 8.46 Å². The van der Waals surface area contributed by atoms with E-state index in [1.165, 1.54) is 44.1 Å². The van der Waals surface area contributed by atoms with Gasteiger partial charge >= 0.3 is 0 Å². The highest BCUT2D eigenvalue weighted by molar-refractivity contribution is 7.25. The summed E-state index contributed by atoms with van der Waals surface area (Å²) in [7, 11) is 0.166. The summed E-state index contributed by atoms with van der Waals surface area (Å²) >= 11 is 0. The highest BCUT2D eigenvalue weighted by atomic mass is 31.1. The van der Waals surface area contributed by atoms with Crippen molar-refractivity contribution in [1.82, 2.24) is 4.98 Å². The summed E-state index contributed by atoms with van der Waals surface area (Å²) in [4.78, 5) is 5.04. The van der Waals surface area contributed by atoms with Crippen LogP contribution in [0.1, 0.15) is 103 Å². The van der Waals surface area contributed by atoms with Crippen molar-refractivity contribution in [2.45, 2.75) is 102 Å². The topological polar surface area (TPSA) is 30.0 Å². The number of fused-ring (bicyclic) bond motifs is 2. The van der Waals surface area contributed by atoms with Crippen LogP contribution in [0.25, 0.3) is 11.3 Å². The molecule has 1 heterocycles. The maximum atomic E-state index is 12.1. The van der Waals surface area contributed by atoms with Crippen LogP contribution in [0.4, 0.5) is 0 Å². The molecule has 1 aromatic carbocycles. The van der Waals surface area contributed by atoms with Gasteiger partial charge in [-0.2, -0.15) is 0 Å². The van der Waals surface area contributed by atoms with E-state index in [2.05, 4.69) is 65.0 Å². The maximum Gasteiger partial charge on any atom is 0.168 e. The normalized spacial score (nSPS) is 27.5. The Morgan fingerprint density at radius 2 is 1.84 bits per heavy atom. The molecule has 0 amide bonds. The van der Waals surface area contributed by atoms with Crippen molar-refractivity contribution in [2.75, 3.05) is 0 Å². The standard InChI is InChI=1S/C28H38NOP/c1-6-9-11-21-19-26(4)16-17-27(21,5)23-18-20(14-15-22(23)26)24-12-10-13-25(29-24)28(7-2,8-3)31-30/h10,12-15,18,21H,6-9,11,16-17,19H2,1-5H3. The summed E-state index contributed by atoms with van der Waals surface area (Å²) in [6.07, 6.45) is 9.55. The van der Waals surface area contributed by atoms with Crippen LogP contribution < -0.4 is 0 Å². The fraction of sp³-hybridized carbons (Fsp3) is 0.607. The lowest BCUT2D eigenvalue weighted by Crippen LogP contribution is -2.50. The second kappa shape index (κ2) is 8.43. The first-order valence-corrected chi connectivity index (χ1v) is 13.1. The molecule has 3 atom stereocenters. The van der Waals surface area contributed by atoms with Gasteiger partial charge in [0.1, 0.15) is 0 Å². The van der Waals surface area contributed by atoms with Crippen molar-refractivity contribution in [3.8, 4) is 11.3 Å². The highest BCUT2D eigenvalue weighted by Crippen LogP contribution is 2.60. The summed E-state index contributed by atoms with van der Waals surface area (Å²) < 4.78 is 12.1. The number of hydrogen-bond acceptors (Lipinski definition) is 2. The summed E-state index contributed by atoms with van der Waals surface area (Å²) in [5.74, 6) is 0.778. The molecule has 166 valence electrons. The van der Waals surface area contributed by atoms with Gasteiger partial charge in [0.15, 0.2) is 8.46 Å². The average Bonchev–Trinajstić information content (AvgIpc) is 2.81. The monoisotopic (exact) mass is 435 g/mol. The second-order valence-corrected chi connectivity index (χ2v) is 11.6. The SMILES string of the molecule is CCCCC1CC2(C)CCC1(C)c1cc(-c3cccc(C(CC)(CC)P=O)n3)ccc12. The van der Waals surface area contributed by atoms with E-state index < -0.39 is 0 Å². The summed E-state index contributed by atoms with van der Waals surface area (Å²) in [6.45, 7) is 11.5. The summed E-state index contributed by atoms with van der Waals surface area (Å²) in [6, 6.07) is 13.4. The predicted molar refractivity (Wildman–Crippen MR) is 131 cm³/mol. The molecule has 0 saturated heterocycles. The van der Waals surface area contributed by atoms with Crippen molar-refractivity contribution in [2.24, 2.45) is 5.92 Å². The molecule has 3 aliphatic carbocycles. The first kappa shape index (κ1) is 22.7. The van der Waals surface area contributed by atoms with Gasteiger partial charge in [0.25, 0.3) is 0 Å². The van der Waals surface area contributed by atoms with Crippen LogP contribution in [0.5, 0.6) is 0 Å². The molecular formula is C28H38NOP. The molecule has 0 spiro atoms. The molecule has 2 aromatic rings. The van der Waals surface area contributed by atoms with Gasteiger partial charge in [-0.05, 0) is 84.6 Å². The number of pyridine rings is 1. The fourth-order valence-corrected chi connectivity index (χ4v) is 6.90. The zero-order valence-corrected chi connectivity index (χ0v) is 20.9. The predicted octanol–water partition coefficient (Wildman–Crippen LogP) is 8.57. The number of aromatic nitrogens is 1. The smallest absolute Gasteiger partial charge is 0.168 e. The van der Waals surface area contributed by atoms with Gasteiger partial charge in [0, 0.05) is 5.56 Å². The Kier molecular flexibility index (Phi) is 6.16. The molecular weight excluding hydrogens is 397 g/mol. The first-order chi connectivity index (χ1) is 14.9. The second-order valence-electron chi connectivity index (χ2n) is 10.5. The lowest BCUT2D eigenvalue weighted by atomic mass is 9.47. The molecule has 31 heavy (non-hydrogen) atoms. The Morgan fingerprint density at radius 1 is 1.06 bits per heavy atom. The van der Waals surface area contributed by atoms with Crippen LogP contribution in [0.2, 0.25) is 0 Å². The fourth-order valence-electron chi connectivity index (χ4n) is 6.43. The van der Waals surface area contributed by atoms with Gasteiger partial charge in [0.05, 0.1) is 16.5 Å². The Bertz CT molecular complexity index is 965. The van der Waals surface area contributed by atoms with E-state index in [-0.39, 0.29) is 19.0 Å². The van der Waals surface area contributed by atoms with Gasteiger partial charge in [0.2, 0.25) is 0 Å². The van der Waals surface area contributed by atoms with Crippen LogP contribution in [-0.2, 0) is 20.6 Å². The van der Waals surface area contributed by atoms with Crippen molar-refractivity contribution in [3.63, 3.8) is 0 Å². The molecule has 1 fully saturated rings. The van der Waals surface area contributed by atoms with Crippen molar-refractivity contribution >= 4 is 8.46 Å². The van der Waals surface area contributed by atoms with Crippen molar-refractivity contribution in [1.29, 1.82) is 0 Å². The van der Waals surface area contributed by atoms with Crippen LogP contribution in [0, 0.1) is 5.92 Å². The van der Waals surface area contributed by atoms with E-state index >= 15 is 0 Å². The molecule has 3 unspecified atom stereocenters. The molecule has 0 radical (unpaired) electrons. The summed E-state index contributed by atoms with van der Waals surface area (Å²) in [5.41, 5.74) is 6.90. The number of benzene rings is 1. The maximum absolute atomic E-state index is 12.1. The molecule has 1 saturated carbocycles. The average molecular weight is 436 g/mol. The third kappa shape index (κ3) is 3.60. The third-order valence-corrected chi connectivity index (χ3v) is 10.1. The van der Waals surface area contributed by atoms with Crippen LogP contribution in [0.15, 0.2) is 36.4 Å². The lowest BCUT2D eigenvalue weighted by molar-refractivity contribution is 0.0967. The first-order valence-electron chi connectivity index (χ1n) is 12.3. The minimum atomic E-state index is -0.381. The molecule has 3 heteroatoms. The number of unbranched alkanes of at least 4 members (excludes halogenated alkanes) is 1. The molecule has 2 nitrogen and oxygen atoms in total. The van der Waals surface area contributed by atoms with E-state index in [1.54, 1.807) is 11.1 Å². The Balaban J connectivity index is 1.78. The molecule has 3 aliphatic rings. The van der Waals surface area contributed by atoms with Crippen molar-refractivity contribution in [3.05, 3.63) is 53.2 Å². The molecule has 5 rings (SSSR count).